The summed E-state index contributed by atoms with van der Waals surface area (Å²) in [4.78, 5) is 25.9. The van der Waals surface area contributed by atoms with Crippen molar-refractivity contribution in [3.05, 3.63) is 52.5 Å². The number of rotatable bonds is 6. The molecule has 1 aromatic heterocycles. The van der Waals surface area contributed by atoms with Crippen molar-refractivity contribution in [2.75, 3.05) is 31.1 Å². The highest BCUT2D eigenvalue weighted by atomic mass is 19.4. The molecule has 2 heterocycles. The first kappa shape index (κ1) is 25.8. The fraction of sp³-hybridized carbons (Fsp3) is 0.560. The van der Waals surface area contributed by atoms with Gasteiger partial charge < -0.3 is 15.1 Å². The summed E-state index contributed by atoms with van der Waals surface area (Å²) >= 11 is 0. The number of halogens is 3. The van der Waals surface area contributed by atoms with Gasteiger partial charge in [0.2, 0.25) is 0 Å². The van der Waals surface area contributed by atoms with E-state index < -0.39 is 11.7 Å². The molecule has 0 spiro atoms. The van der Waals surface area contributed by atoms with Gasteiger partial charge in [0.05, 0.1) is 5.56 Å². The lowest BCUT2D eigenvalue weighted by atomic mass is 9.99. The van der Waals surface area contributed by atoms with Crippen molar-refractivity contribution in [3.63, 3.8) is 0 Å². The van der Waals surface area contributed by atoms with Crippen LogP contribution in [0.25, 0.3) is 0 Å². The molecule has 1 saturated heterocycles. The van der Waals surface area contributed by atoms with E-state index in [-0.39, 0.29) is 18.0 Å². The predicted molar refractivity (Wildman–Crippen MR) is 127 cm³/mol. The molecule has 186 valence electrons. The second kappa shape index (κ2) is 10.6. The van der Waals surface area contributed by atoms with Crippen molar-refractivity contribution in [2.45, 2.75) is 65.6 Å². The van der Waals surface area contributed by atoms with Gasteiger partial charge in [-0.15, -0.1) is 0 Å². The number of nitrogens with one attached hydrogen (secondary N) is 1. The molecule has 34 heavy (non-hydrogen) atoms. The minimum Gasteiger partial charge on any atom is -0.353 e. The molecule has 1 N–H and O–H groups in total. The Morgan fingerprint density at radius 3 is 2.32 bits per heavy atom. The molecule has 9 heteroatoms. The number of alkyl halides is 3. The van der Waals surface area contributed by atoms with Gasteiger partial charge in [-0.05, 0) is 31.9 Å². The minimum absolute atomic E-state index is 0.0622. The summed E-state index contributed by atoms with van der Waals surface area (Å²) in [5, 5.41) is 2.92. The number of carbonyl (C=O) groups excluding carboxylic acids is 1. The highest BCUT2D eigenvalue weighted by Gasteiger charge is 2.31. The topological polar surface area (TPSA) is 61.4 Å². The number of urea groups is 1. The zero-order valence-electron chi connectivity index (χ0n) is 20.5. The smallest absolute Gasteiger partial charge is 0.353 e. The Hall–Kier alpha value is -2.84. The van der Waals surface area contributed by atoms with E-state index in [2.05, 4.69) is 10.2 Å². The second-order valence-corrected chi connectivity index (χ2v) is 9.29. The Balaban J connectivity index is 1.94. The lowest BCUT2D eigenvalue weighted by Gasteiger charge is -2.37. The number of amides is 2. The van der Waals surface area contributed by atoms with Crippen LogP contribution < -0.4 is 10.2 Å². The van der Waals surface area contributed by atoms with E-state index in [4.69, 9.17) is 9.97 Å². The van der Waals surface area contributed by atoms with E-state index in [1.165, 1.54) is 12.1 Å². The van der Waals surface area contributed by atoms with Crippen LogP contribution in [0.4, 0.5) is 23.8 Å². The predicted octanol–water partition coefficient (Wildman–Crippen LogP) is 5.01. The molecular formula is C25H34F3N5O. The molecule has 1 fully saturated rings. The largest absolute Gasteiger partial charge is 0.416 e. The number of piperazine rings is 1. The summed E-state index contributed by atoms with van der Waals surface area (Å²) in [5.41, 5.74) is 1.62. The first-order valence-electron chi connectivity index (χ1n) is 11.9. The van der Waals surface area contributed by atoms with Crippen LogP contribution in [0.3, 0.4) is 0 Å². The van der Waals surface area contributed by atoms with E-state index >= 15 is 0 Å². The van der Waals surface area contributed by atoms with Crippen LogP contribution in [0.2, 0.25) is 0 Å². The van der Waals surface area contributed by atoms with Gasteiger partial charge in [-0.3, -0.25) is 0 Å². The first-order valence-corrected chi connectivity index (χ1v) is 11.9. The lowest BCUT2D eigenvalue weighted by Crippen LogP contribution is -2.53. The van der Waals surface area contributed by atoms with Gasteiger partial charge in [-0.1, -0.05) is 39.0 Å². The summed E-state index contributed by atoms with van der Waals surface area (Å²) in [6.07, 6.45) is -3.42. The van der Waals surface area contributed by atoms with E-state index in [0.717, 1.165) is 29.0 Å². The third-order valence-corrected chi connectivity index (χ3v) is 5.85. The number of nitrogens with zero attached hydrogens (tertiary/aromatic N) is 4. The summed E-state index contributed by atoms with van der Waals surface area (Å²) < 4.78 is 39.8. The minimum atomic E-state index is -4.39. The maximum Gasteiger partial charge on any atom is 0.416 e. The Morgan fingerprint density at radius 1 is 1.09 bits per heavy atom. The van der Waals surface area contributed by atoms with Gasteiger partial charge in [0, 0.05) is 55.8 Å². The van der Waals surface area contributed by atoms with E-state index in [1.807, 2.05) is 34.6 Å². The van der Waals surface area contributed by atoms with Crippen LogP contribution in [-0.2, 0) is 19.0 Å². The zero-order chi connectivity index (χ0) is 25.0. The molecule has 6 nitrogen and oxygen atoms in total. The zero-order valence-corrected chi connectivity index (χ0v) is 20.5. The standard InChI is InChI=1S/C25H34F3N5O/c1-6-21-20(15-18-8-7-9-19(14-18)25(26,27)28)23(31-22(30-21)16(2)3)32-10-12-33(13-11-32)24(34)29-17(4)5/h7-9,14,16-17H,6,10-13,15H2,1-5H3,(H,29,34). The van der Waals surface area contributed by atoms with Crippen LogP contribution >= 0.6 is 0 Å². The van der Waals surface area contributed by atoms with Gasteiger partial charge >= 0.3 is 12.2 Å². The summed E-state index contributed by atoms with van der Waals surface area (Å²) in [6, 6.07) is 5.42. The number of hydrogen-bond acceptors (Lipinski definition) is 4. The Labute approximate surface area is 199 Å². The number of hydrogen-bond donors (Lipinski definition) is 1. The van der Waals surface area contributed by atoms with Crippen LogP contribution in [0, 0.1) is 0 Å². The molecule has 0 aliphatic carbocycles. The van der Waals surface area contributed by atoms with Crippen LogP contribution in [0.1, 0.15) is 68.7 Å². The number of aryl methyl sites for hydroxylation is 1. The maximum atomic E-state index is 13.3. The molecule has 2 aromatic rings. The number of carbonyl (C=O) groups is 1. The van der Waals surface area contributed by atoms with Gasteiger partial charge in [0.15, 0.2) is 0 Å². The van der Waals surface area contributed by atoms with Crippen LogP contribution in [-0.4, -0.2) is 53.1 Å². The Kier molecular flexibility index (Phi) is 8.05. The number of benzene rings is 1. The molecule has 0 radical (unpaired) electrons. The third-order valence-electron chi connectivity index (χ3n) is 5.85. The Bertz CT molecular complexity index is 999. The van der Waals surface area contributed by atoms with Crippen molar-refractivity contribution < 1.29 is 18.0 Å². The van der Waals surface area contributed by atoms with Crippen molar-refractivity contribution in [2.24, 2.45) is 0 Å². The van der Waals surface area contributed by atoms with Crippen LogP contribution in [0.15, 0.2) is 24.3 Å². The number of aromatic nitrogens is 2. The van der Waals surface area contributed by atoms with Gasteiger partial charge in [-0.2, -0.15) is 13.2 Å². The highest BCUT2D eigenvalue weighted by molar-refractivity contribution is 5.74. The van der Waals surface area contributed by atoms with E-state index in [0.29, 0.717) is 44.6 Å². The van der Waals surface area contributed by atoms with Crippen molar-refractivity contribution >= 4 is 11.8 Å². The Morgan fingerprint density at radius 2 is 1.76 bits per heavy atom. The van der Waals surface area contributed by atoms with Gasteiger partial charge in [-0.25, -0.2) is 14.8 Å². The van der Waals surface area contributed by atoms with Crippen molar-refractivity contribution in [1.82, 2.24) is 20.2 Å². The van der Waals surface area contributed by atoms with Gasteiger partial charge in [0.25, 0.3) is 0 Å². The molecule has 0 unspecified atom stereocenters. The summed E-state index contributed by atoms with van der Waals surface area (Å²) in [5.74, 6) is 1.60. The molecule has 3 rings (SSSR count). The average Bonchev–Trinajstić information content (AvgIpc) is 2.78. The highest BCUT2D eigenvalue weighted by Crippen LogP contribution is 2.32. The summed E-state index contributed by atoms with van der Waals surface area (Å²) in [7, 11) is 0. The first-order chi connectivity index (χ1) is 16.0. The van der Waals surface area contributed by atoms with Gasteiger partial charge in [0.1, 0.15) is 11.6 Å². The number of anilines is 1. The molecule has 0 saturated carbocycles. The molecule has 1 aliphatic rings. The third kappa shape index (κ3) is 6.18. The van der Waals surface area contributed by atoms with Crippen molar-refractivity contribution in [3.8, 4) is 0 Å². The SMILES string of the molecule is CCc1nc(C(C)C)nc(N2CCN(C(=O)NC(C)C)CC2)c1Cc1cccc(C(F)(F)F)c1. The fourth-order valence-corrected chi connectivity index (χ4v) is 4.05. The van der Waals surface area contributed by atoms with E-state index in [9.17, 15) is 18.0 Å². The second-order valence-electron chi connectivity index (χ2n) is 9.29. The fourth-order valence-electron chi connectivity index (χ4n) is 4.05. The molecule has 2 amide bonds. The lowest BCUT2D eigenvalue weighted by molar-refractivity contribution is -0.137. The molecular weight excluding hydrogens is 443 g/mol. The molecule has 1 aromatic carbocycles. The normalized spacial score (nSPS) is 14.8. The van der Waals surface area contributed by atoms with E-state index in [1.54, 1.807) is 11.0 Å². The molecule has 1 aliphatic heterocycles. The molecule has 0 bridgehead atoms. The quantitative estimate of drug-likeness (QED) is 0.635. The monoisotopic (exact) mass is 477 g/mol. The summed E-state index contributed by atoms with van der Waals surface area (Å²) in [6.45, 7) is 12.2. The molecule has 0 atom stereocenters. The maximum absolute atomic E-state index is 13.3. The average molecular weight is 478 g/mol. The van der Waals surface area contributed by atoms with Crippen LogP contribution in [0.5, 0.6) is 0 Å². The van der Waals surface area contributed by atoms with Crippen molar-refractivity contribution in [1.29, 1.82) is 0 Å².